The van der Waals surface area contributed by atoms with Gasteiger partial charge in [-0.25, -0.2) is 15.0 Å². The van der Waals surface area contributed by atoms with Crippen molar-refractivity contribution in [2.45, 2.75) is 257 Å². The highest BCUT2D eigenvalue weighted by Crippen LogP contribution is 2.19. The van der Waals surface area contributed by atoms with Crippen molar-refractivity contribution in [1.29, 1.82) is 0 Å². The Morgan fingerprint density at radius 3 is 1.30 bits per heavy atom. The van der Waals surface area contributed by atoms with Gasteiger partial charge < -0.3 is 19.8 Å². The lowest BCUT2D eigenvalue weighted by molar-refractivity contribution is -0.137. The Balaban J connectivity index is 0.000000591. The molecular weight excluding hydrogens is 1390 g/mol. The minimum Gasteiger partial charge on any atom is -0.480 e. The number of H-pyrrole nitrogens is 4. The van der Waals surface area contributed by atoms with Crippen LogP contribution in [0.4, 0.5) is 0 Å². The number of hydrogen-bond acceptors (Lipinski definition) is 16. The number of rotatable bonds is 17. The zero-order valence-electron chi connectivity index (χ0n) is 70.3. The van der Waals surface area contributed by atoms with Gasteiger partial charge in [0.1, 0.15) is 6.54 Å². The summed E-state index contributed by atoms with van der Waals surface area (Å²) in [5.41, 5.74) is 13.8. The maximum atomic E-state index is 10.3. The quantitative estimate of drug-likeness (QED) is 0.0494. The molecule has 0 spiro atoms. The number of imidazole rings is 2. The zero-order chi connectivity index (χ0) is 81.4. The van der Waals surface area contributed by atoms with Crippen molar-refractivity contribution in [3.63, 3.8) is 0 Å². The molecule has 12 aromatic rings. The van der Waals surface area contributed by atoms with Crippen LogP contribution < -0.4 is 0 Å². The number of carbonyl (C=O) groups is 1. The van der Waals surface area contributed by atoms with E-state index in [1.54, 1.807) is 47.6 Å². The number of aryl methyl sites for hydroxylation is 5. The topological polar surface area (TPSA) is 305 Å². The molecule has 0 aromatic carbocycles. The third-order valence-corrected chi connectivity index (χ3v) is 17.7. The minimum absolute atomic E-state index is 0.0628. The molecule has 6 N–H and O–H groups in total. The average Bonchev–Trinajstić information content (AvgIpc) is 1.82. The summed E-state index contributed by atoms with van der Waals surface area (Å²) < 4.78 is 10.9. The molecule has 0 fully saturated rings. The Kier molecular flexibility index (Phi) is 48.7. The lowest BCUT2D eigenvalue weighted by Gasteiger charge is -2.03. The van der Waals surface area contributed by atoms with Crippen molar-refractivity contribution >= 4 is 28.6 Å². The van der Waals surface area contributed by atoms with Gasteiger partial charge in [0.05, 0.1) is 52.6 Å². The first-order chi connectivity index (χ1) is 51.0. The monoisotopic (exact) mass is 1530 g/mol. The van der Waals surface area contributed by atoms with Gasteiger partial charge in [-0.2, -0.15) is 40.8 Å². The Morgan fingerprint density at radius 1 is 0.481 bits per heavy atom. The van der Waals surface area contributed by atoms with Gasteiger partial charge in [0.2, 0.25) is 0 Å². The normalized spacial score (nSPS) is 10.6. The number of carboxylic acids is 1. The number of aliphatic carboxylic acids is 1. The van der Waals surface area contributed by atoms with E-state index in [9.17, 15) is 4.79 Å². The van der Waals surface area contributed by atoms with Gasteiger partial charge in [0.25, 0.3) is 0 Å². The van der Waals surface area contributed by atoms with Gasteiger partial charge in [0.15, 0.2) is 0 Å². The molecule has 0 radical (unpaired) electrons. The molecule has 108 heavy (non-hydrogen) atoms. The van der Waals surface area contributed by atoms with Gasteiger partial charge in [-0.05, 0) is 119 Å². The number of aliphatic hydroxyl groups is 1. The number of hydrogen-bond donors (Lipinski definition) is 6. The smallest absolute Gasteiger partial charge is 0.325 e. The van der Waals surface area contributed by atoms with Crippen molar-refractivity contribution in [3.05, 3.63) is 213 Å². The third kappa shape index (κ3) is 42.4. The van der Waals surface area contributed by atoms with Crippen molar-refractivity contribution in [2.24, 2.45) is 28.2 Å². The molecule has 0 aliphatic rings. The molecule has 25 nitrogen and oxygen atoms in total. The fraction of sp³-hybridized carbons (Fsp3) is 0.543. The standard InChI is InChI=1S/C9H16N2O.C8H12N2O2.4C7H12N2.4C6H10N2.2C6H9NS/c1-8(2)9-4-6-11(10-9)5-3-7-12;1-6(2)7-3-4-10(9-7)5-8(11)12;1-6(2)7-4-8-5-9(7)3;1-6(2)7-4-8-9(3)5-7;1-6(2)7-4-5-9(3)8-7;1-6(2)7-4-5-8-9(7)3;1-5(2)6-3-7-4-8-6;1-5(2)6-3-7-8-4-6;2*1-5(2)6-3-4-7-8-6;1-5(2)6-3-7-4-8-6;1-5(2)6-7-3-4-8-6/h4,6,8,12H,3,5,7H2,1-2H3;3-4,6H,5H2,1-2H3,(H,11,12);4*4-6H,1-3H3;4*3-5H,1-2H3,(H,7,8);2*3-5H,1-2H3. The summed E-state index contributed by atoms with van der Waals surface area (Å²) in [6, 6.07) is 11.9. The molecule has 0 unspecified atom stereocenters. The summed E-state index contributed by atoms with van der Waals surface area (Å²) in [7, 11) is 7.86. The maximum absolute atomic E-state index is 10.3. The van der Waals surface area contributed by atoms with Crippen LogP contribution in [0.2, 0.25) is 0 Å². The number of carboxylic acid groups (broad SMARTS) is 1. The van der Waals surface area contributed by atoms with E-state index in [2.05, 4.69) is 233 Å². The number of aromatic amines is 4. The Hall–Kier alpha value is -9.21. The average molecular weight is 1530 g/mol. The summed E-state index contributed by atoms with van der Waals surface area (Å²) in [5.74, 6) is 5.80. The van der Waals surface area contributed by atoms with Crippen molar-refractivity contribution in [1.82, 2.24) is 109 Å². The van der Waals surface area contributed by atoms with E-state index in [-0.39, 0.29) is 13.2 Å². The summed E-state index contributed by atoms with van der Waals surface area (Å²) in [6.07, 6.45) is 30.6. The minimum atomic E-state index is -0.867. The molecule has 12 aromatic heterocycles. The SMILES string of the molecule is CC(C)c1ccn(C)n1.CC(C)c1ccn(CC(=O)O)n1.CC(C)c1ccn(CCCO)n1.CC(C)c1ccn[nH]1.CC(C)c1ccn[nH]1.CC(C)c1ccnn1C.CC(C)c1cn[nH]c1.CC(C)c1cnc[nH]1.CC(C)c1cncn1C.CC(C)c1cncs1.CC(C)c1cnn(C)c1.CC(C)c1nccs1. The van der Waals surface area contributed by atoms with Crippen LogP contribution in [0.15, 0.2) is 147 Å². The van der Waals surface area contributed by atoms with Crippen LogP contribution in [0.1, 0.15) is 310 Å². The van der Waals surface area contributed by atoms with Crippen LogP contribution in [0.3, 0.4) is 0 Å². The van der Waals surface area contributed by atoms with Gasteiger partial charge in [0, 0.05) is 160 Å². The number of nitrogens with zero attached hydrogens (tertiary/aromatic N) is 18. The second-order valence-electron chi connectivity index (χ2n) is 29.3. The highest BCUT2D eigenvalue weighted by atomic mass is 32.1. The first-order valence-electron chi connectivity index (χ1n) is 37.5. The molecule has 598 valence electrons. The number of aromatic nitrogens is 22. The van der Waals surface area contributed by atoms with E-state index < -0.39 is 5.97 Å². The first kappa shape index (κ1) is 96.8. The van der Waals surface area contributed by atoms with Crippen LogP contribution in [0.5, 0.6) is 0 Å². The van der Waals surface area contributed by atoms with Crippen LogP contribution in [-0.2, 0) is 46.1 Å². The predicted octanol–water partition coefficient (Wildman–Crippen LogP) is 19.3. The van der Waals surface area contributed by atoms with E-state index >= 15 is 0 Å². The third-order valence-electron chi connectivity index (χ3n) is 15.5. The van der Waals surface area contributed by atoms with Gasteiger partial charge in [-0.1, -0.05) is 166 Å². The molecular formula is C81H134N22O3S2. The molecule has 0 aliphatic heterocycles. The highest BCUT2D eigenvalue weighted by molar-refractivity contribution is 7.09. The molecule has 0 amide bonds. The highest BCUT2D eigenvalue weighted by Gasteiger charge is 2.08. The zero-order valence-corrected chi connectivity index (χ0v) is 71.9. The molecule has 0 aliphatic carbocycles. The Labute approximate surface area is 653 Å². The maximum Gasteiger partial charge on any atom is 0.325 e. The van der Waals surface area contributed by atoms with Crippen LogP contribution >= 0.6 is 22.7 Å². The van der Waals surface area contributed by atoms with Gasteiger partial charge >= 0.3 is 5.97 Å². The summed E-state index contributed by atoms with van der Waals surface area (Å²) in [5, 5.41) is 61.1. The lowest BCUT2D eigenvalue weighted by Crippen LogP contribution is -2.09. The fourth-order valence-corrected chi connectivity index (χ4v) is 9.97. The predicted molar refractivity (Wildman–Crippen MR) is 444 cm³/mol. The molecule has 0 bridgehead atoms. The van der Waals surface area contributed by atoms with Crippen molar-refractivity contribution < 1.29 is 15.0 Å². The van der Waals surface area contributed by atoms with Crippen molar-refractivity contribution in [3.8, 4) is 0 Å². The number of thiazole rings is 2. The Morgan fingerprint density at radius 2 is 1.04 bits per heavy atom. The Bertz CT molecular complexity index is 3580. The second kappa shape index (κ2) is 54.4. The lowest BCUT2D eigenvalue weighted by atomic mass is 10.1. The fourth-order valence-electron chi connectivity index (χ4n) is 8.67. The number of nitrogens with one attached hydrogen (secondary N) is 4. The summed E-state index contributed by atoms with van der Waals surface area (Å²) in [6.45, 7) is 52.3. The van der Waals surface area contributed by atoms with Crippen LogP contribution in [-0.4, -0.2) is 132 Å². The second-order valence-corrected chi connectivity index (χ2v) is 31.1. The molecule has 12 heterocycles. The largest absolute Gasteiger partial charge is 0.480 e. The van der Waals surface area contributed by atoms with Crippen LogP contribution in [0.25, 0.3) is 0 Å². The van der Waals surface area contributed by atoms with E-state index in [1.165, 1.54) is 54.2 Å². The molecule has 0 atom stereocenters. The van der Waals surface area contributed by atoms with E-state index in [4.69, 9.17) is 10.2 Å². The molecule has 0 saturated carbocycles. The molecule has 0 saturated heterocycles. The summed E-state index contributed by atoms with van der Waals surface area (Å²) >= 11 is 3.44. The van der Waals surface area contributed by atoms with Gasteiger partial charge in [-0.15, -0.1) is 22.7 Å². The van der Waals surface area contributed by atoms with E-state index in [1.807, 2.05) is 187 Å². The van der Waals surface area contributed by atoms with E-state index in [0.717, 1.165) is 30.0 Å². The van der Waals surface area contributed by atoms with E-state index in [0.29, 0.717) is 71.0 Å². The molecule has 27 heteroatoms. The molecule has 12 rings (SSSR count). The van der Waals surface area contributed by atoms with Crippen molar-refractivity contribution in [2.75, 3.05) is 6.61 Å². The van der Waals surface area contributed by atoms with Crippen LogP contribution in [0, 0.1) is 0 Å². The first-order valence-corrected chi connectivity index (χ1v) is 39.3. The van der Waals surface area contributed by atoms with Gasteiger partial charge in [-0.3, -0.25) is 48.5 Å². The summed E-state index contributed by atoms with van der Waals surface area (Å²) in [4.78, 5) is 30.7. The number of aliphatic hydroxyl groups excluding tert-OH is 1.